The van der Waals surface area contributed by atoms with Crippen LogP contribution in [0.2, 0.25) is 0 Å². The molecule has 6 heteroatoms. The van der Waals surface area contributed by atoms with Crippen molar-refractivity contribution in [1.29, 1.82) is 0 Å². The van der Waals surface area contributed by atoms with Gasteiger partial charge >= 0.3 is 0 Å². The van der Waals surface area contributed by atoms with Crippen molar-refractivity contribution >= 4 is 16.9 Å². The van der Waals surface area contributed by atoms with Crippen LogP contribution in [0.4, 0.5) is 0 Å². The van der Waals surface area contributed by atoms with E-state index in [-0.39, 0.29) is 18.7 Å². The molecule has 1 aliphatic heterocycles. The second kappa shape index (κ2) is 7.31. The molecule has 29 heavy (non-hydrogen) atoms. The first-order valence-electron chi connectivity index (χ1n) is 9.46. The van der Waals surface area contributed by atoms with Crippen LogP contribution in [0.1, 0.15) is 27.8 Å². The number of aromatic amines is 1. The number of nitrogens with one attached hydrogen (secondary N) is 2. The minimum atomic E-state index is -0.324. The Kier molecular flexibility index (Phi) is 4.37. The number of H-pyrrole nitrogens is 1. The Hall–Kier alpha value is -3.80. The molecule has 0 bridgehead atoms. The van der Waals surface area contributed by atoms with Crippen molar-refractivity contribution in [2.75, 3.05) is 6.79 Å². The second-order valence-electron chi connectivity index (χ2n) is 6.89. The Labute approximate surface area is 167 Å². The number of carbonyl (C=O) groups is 1. The van der Waals surface area contributed by atoms with E-state index in [9.17, 15) is 4.79 Å². The molecule has 3 aromatic carbocycles. The number of hydrogen-bond acceptors (Lipinski definition) is 4. The van der Waals surface area contributed by atoms with Gasteiger partial charge in [0.2, 0.25) is 6.79 Å². The van der Waals surface area contributed by atoms with Gasteiger partial charge in [0.05, 0.1) is 22.6 Å². The molecule has 0 saturated heterocycles. The van der Waals surface area contributed by atoms with E-state index in [2.05, 4.69) is 10.3 Å². The number of hydrogen-bond donors (Lipinski definition) is 2. The van der Waals surface area contributed by atoms with Crippen LogP contribution in [0.5, 0.6) is 11.5 Å². The molecule has 1 aromatic heterocycles. The molecule has 0 unspecified atom stereocenters. The largest absolute Gasteiger partial charge is 0.454 e. The van der Waals surface area contributed by atoms with Gasteiger partial charge in [0.1, 0.15) is 5.82 Å². The standard InChI is InChI=1S/C23H19N3O3/c27-23(16-9-6-12-20-21(16)29-14-28-20)26-19(13-15-7-2-1-3-8-15)22-24-17-10-4-5-11-18(17)25-22/h1-12,19H,13-14H2,(H,24,25)(H,26,27)/t19-/m0/s1. The highest BCUT2D eigenvalue weighted by atomic mass is 16.7. The summed E-state index contributed by atoms with van der Waals surface area (Å²) in [6.07, 6.45) is 0.610. The third-order valence-electron chi connectivity index (χ3n) is 4.97. The molecule has 0 saturated carbocycles. The maximum absolute atomic E-state index is 13.1. The zero-order valence-corrected chi connectivity index (χ0v) is 15.6. The Morgan fingerprint density at radius 1 is 1.00 bits per heavy atom. The molecule has 2 heterocycles. The Morgan fingerprint density at radius 2 is 1.83 bits per heavy atom. The van der Waals surface area contributed by atoms with Gasteiger partial charge in [-0.1, -0.05) is 48.5 Å². The van der Waals surface area contributed by atoms with Crippen LogP contribution in [0.25, 0.3) is 11.0 Å². The molecule has 4 aromatic rings. The zero-order chi connectivity index (χ0) is 19.6. The highest BCUT2D eigenvalue weighted by Gasteiger charge is 2.25. The first kappa shape index (κ1) is 17.3. The summed E-state index contributed by atoms with van der Waals surface area (Å²) in [6.45, 7) is 0.122. The van der Waals surface area contributed by atoms with Gasteiger partial charge in [-0.3, -0.25) is 4.79 Å². The number of amides is 1. The molecule has 2 N–H and O–H groups in total. The van der Waals surface area contributed by atoms with Crippen LogP contribution in [0.15, 0.2) is 72.8 Å². The van der Waals surface area contributed by atoms with Gasteiger partial charge in [-0.2, -0.15) is 0 Å². The maximum Gasteiger partial charge on any atom is 0.255 e. The number of ether oxygens (including phenoxy) is 2. The lowest BCUT2D eigenvalue weighted by molar-refractivity contribution is 0.0930. The molecule has 0 aliphatic carbocycles. The third-order valence-corrected chi connectivity index (χ3v) is 4.97. The lowest BCUT2D eigenvalue weighted by atomic mass is 10.0. The van der Waals surface area contributed by atoms with Crippen molar-refractivity contribution < 1.29 is 14.3 Å². The van der Waals surface area contributed by atoms with Crippen molar-refractivity contribution in [2.45, 2.75) is 12.5 Å². The second-order valence-corrected chi connectivity index (χ2v) is 6.89. The fraction of sp³-hybridized carbons (Fsp3) is 0.130. The minimum Gasteiger partial charge on any atom is -0.454 e. The SMILES string of the molecule is O=C(N[C@@H](Cc1ccccc1)c1nc2ccccc2[nH]1)c1cccc2c1OCO2. The molecular formula is C23H19N3O3. The van der Waals surface area contributed by atoms with Crippen LogP contribution < -0.4 is 14.8 Å². The topological polar surface area (TPSA) is 76.2 Å². The highest BCUT2D eigenvalue weighted by molar-refractivity contribution is 5.98. The fourth-order valence-electron chi connectivity index (χ4n) is 3.55. The van der Waals surface area contributed by atoms with E-state index in [0.29, 0.717) is 29.3 Å². The summed E-state index contributed by atoms with van der Waals surface area (Å²) in [4.78, 5) is 21.2. The number of benzene rings is 3. The quantitative estimate of drug-likeness (QED) is 0.544. The van der Waals surface area contributed by atoms with Gasteiger partial charge in [-0.25, -0.2) is 4.98 Å². The van der Waals surface area contributed by atoms with Crippen molar-refractivity contribution in [2.24, 2.45) is 0 Å². The summed E-state index contributed by atoms with van der Waals surface area (Å²) in [7, 11) is 0. The number of imidazole rings is 1. The van der Waals surface area contributed by atoms with E-state index in [1.807, 2.05) is 54.6 Å². The molecule has 144 valence electrons. The van der Waals surface area contributed by atoms with Crippen LogP contribution in [0, 0.1) is 0 Å². The molecule has 6 nitrogen and oxygen atoms in total. The first-order chi connectivity index (χ1) is 14.3. The number of rotatable bonds is 5. The van der Waals surface area contributed by atoms with Crippen LogP contribution in [-0.2, 0) is 6.42 Å². The molecule has 0 radical (unpaired) electrons. The van der Waals surface area contributed by atoms with Crippen LogP contribution in [-0.4, -0.2) is 22.7 Å². The van der Waals surface area contributed by atoms with E-state index < -0.39 is 0 Å². The van der Waals surface area contributed by atoms with E-state index in [0.717, 1.165) is 16.6 Å². The molecule has 1 aliphatic rings. The minimum absolute atomic E-state index is 0.122. The summed E-state index contributed by atoms with van der Waals surface area (Å²) in [5.74, 6) is 1.55. The first-order valence-corrected chi connectivity index (χ1v) is 9.46. The van der Waals surface area contributed by atoms with Gasteiger partial charge < -0.3 is 19.8 Å². The smallest absolute Gasteiger partial charge is 0.255 e. The Morgan fingerprint density at radius 3 is 2.69 bits per heavy atom. The maximum atomic E-state index is 13.1. The zero-order valence-electron chi connectivity index (χ0n) is 15.6. The number of nitrogens with zero attached hydrogens (tertiary/aromatic N) is 1. The number of carbonyl (C=O) groups excluding carboxylic acids is 1. The fourth-order valence-corrected chi connectivity index (χ4v) is 3.55. The lowest BCUT2D eigenvalue weighted by Crippen LogP contribution is -2.31. The van der Waals surface area contributed by atoms with Crippen molar-refractivity contribution in [1.82, 2.24) is 15.3 Å². The van der Waals surface area contributed by atoms with E-state index in [1.165, 1.54) is 0 Å². The third kappa shape index (κ3) is 3.40. The van der Waals surface area contributed by atoms with Crippen LogP contribution >= 0.6 is 0 Å². The van der Waals surface area contributed by atoms with Gasteiger partial charge in [-0.05, 0) is 36.2 Å². The molecular weight excluding hydrogens is 366 g/mol. The Balaban J connectivity index is 1.48. The summed E-state index contributed by atoms with van der Waals surface area (Å²) in [6, 6.07) is 22.9. The molecule has 0 fully saturated rings. The predicted octanol–water partition coefficient (Wildman–Crippen LogP) is 4.01. The van der Waals surface area contributed by atoms with Gasteiger partial charge in [0.15, 0.2) is 11.5 Å². The molecule has 1 atom stereocenters. The van der Waals surface area contributed by atoms with E-state index >= 15 is 0 Å². The lowest BCUT2D eigenvalue weighted by Gasteiger charge is -2.17. The summed E-state index contributed by atoms with van der Waals surface area (Å²) in [5.41, 5.74) is 3.37. The van der Waals surface area contributed by atoms with Gasteiger partial charge in [0.25, 0.3) is 5.91 Å². The van der Waals surface area contributed by atoms with E-state index in [1.54, 1.807) is 18.2 Å². The summed E-state index contributed by atoms with van der Waals surface area (Å²) in [5, 5.41) is 3.12. The number of fused-ring (bicyclic) bond motifs is 2. The molecule has 0 spiro atoms. The van der Waals surface area contributed by atoms with Crippen molar-refractivity contribution in [3.63, 3.8) is 0 Å². The average Bonchev–Trinajstić information content (AvgIpc) is 3.40. The normalized spacial score (nSPS) is 13.4. The molecule has 5 rings (SSSR count). The number of para-hydroxylation sites is 3. The average molecular weight is 385 g/mol. The predicted molar refractivity (Wildman–Crippen MR) is 109 cm³/mol. The van der Waals surface area contributed by atoms with Crippen LogP contribution in [0.3, 0.4) is 0 Å². The Bertz CT molecular complexity index is 1140. The monoisotopic (exact) mass is 385 g/mol. The summed E-state index contributed by atoms with van der Waals surface area (Å²) < 4.78 is 10.9. The van der Waals surface area contributed by atoms with E-state index in [4.69, 9.17) is 14.5 Å². The van der Waals surface area contributed by atoms with Gasteiger partial charge in [0, 0.05) is 0 Å². The van der Waals surface area contributed by atoms with Gasteiger partial charge in [-0.15, -0.1) is 0 Å². The van der Waals surface area contributed by atoms with Crippen molar-refractivity contribution in [3.8, 4) is 11.5 Å². The van der Waals surface area contributed by atoms with Crippen molar-refractivity contribution in [3.05, 3.63) is 89.7 Å². The number of aromatic nitrogens is 2. The molecule has 1 amide bonds. The highest BCUT2D eigenvalue weighted by Crippen LogP contribution is 2.35. The summed E-state index contributed by atoms with van der Waals surface area (Å²) >= 11 is 0.